The highest BCUT2D eigenvalue weighted by Crippen LogP contribution is 2.47. The van der Waals surface area contributed by atoms with Gasteiger partial charge in [0.05, 0.1) is 5.92 Å². The van der Waals surface area contributed by atoms with Crippen LogP contribution in [0.25, 0.3) is 0 Å². The molecule has 24 heavy (non-hydrogen) atoms. The first-order valence-corrected chi connectivity index (χ1v) is 7.71. The molecular weight excluding hydrogens is 328 g/mol. The summed E-state index contributed by atoms with van der Waals surface area (Å²) in [5, 5.41) is 14.4. The molecule has 1 aromatic rings. The smallest absolute Gasteiger partial charge is 0.362 e. The van der Waals surface area contributed by atoms with Crippen molar-refractivity contribution in [3.8, 4) is 0 Å². The third kappa shape index (κ3) is 2.58. The lowest BCUT2D eigenvalue weighted by Crippen LogP contribution is -2.61. The van der Waals surface area contributed by atoms with Crippen molar-refractivity contribution in [2.75, 3.05) is 0 Å². The summed E-state index contributed by atoms with van der Waals surface area (Å²) in [6.45, 7) is 0. The molecule has 130 valence electrons. The quantitative estimate of drug-likeness (QED) is 0.793. The van der Waals surface area contributed by atoms with E-state index in [1.807, 2.05) is 0 Å². The number of hydrogen-bond donors (Lipinski definition) is 1. The topological polar surface area (TPSA) is 52.9 Å². The minimum atomic E-state index is -5.05. The van der Waals surface area contributed by atoms with E-state index in [1.54, 1.807) is 0 Å². The molecule has 0 unspecified atom stereocenters. The van der Waals surface area contributed by atoms with Crippen LogP contribution in [0.1, 0.15) is 42.5 Å². The molecule has 4 nitrogen and oxygen atoms in total. The molecule has 2 aliphatic rings. The minimum absolute atomic E-state index is 0.113. The number of aliphatic hydroxyl groups is 1. The lowest BCUT2D eigenvalue weighted by molar-refractivity contribution is -0.312. The third-order valence-corrected chi connectivity index (χ3v) is 4.57. The largest absolute Gasteiger partial charge is 0.439 e. The van der Waals surface area contributed by atoms with Gasteiger partial charge in [0.2, 0.25) is 0 Å². The second kappa shape index (κ2) is 5.84. The van der Waals surface area contributed by atoms with Crippen LogP contribution in [0, 0.1) is 11.7 Å². The Hall–Kier alpha value is -1.96. The molecule has 0 aromatic heterocycles. The van der Waals surface area contributed by atoms with E-state index in [0.29, 0.717) is 19.3 Å². The van der Waals surface area contributed by atoms with E-state index >= 15 is 0 Å². The van der Waals surface area contributed by atoms with Gasteiger partial charge in [-0.3, -0.25) is 4.79 Å². The van der Waals surface area contributed by atoms with Gasteiger partial charge >= 0.3 is 6.18 Å². The lowest BCUT2D eigenvalue weighted by atomic mass is 9.87. The normalized spacial score (nSPS) is 27.5. The zero-order valence-corrected chi connectivity index (χ0v) is 12.7. The Morgan fingerprint density at radius 2 is 1.88 bits per heavy atom. The second-order valence-corrected chi connectivity index (χ2v) is 6.09. The van der Waals surface area contributed by atoms with Crippen LogP contribution in [0.3, 0.4) is 0 Å². The predicted octanol–water partition coefficient (Wildman–Crippen LogP) is 3.47. The molecule has 0 radical (unpaired) electrons. The van der Waals surface area contributed by atoms with Crippen LogP contribution >= 0.6 is 0 Å². The number of carbonyl (C=O) groups excluding carboxylic acids is 1. The summed E-state index contributed by atoms with van der Waals surface area (Å²) in [5.74, 6) is -2.98. The Bertz CT molecular complexity index is 672. The van der Waals surface area contributed by atoms with Crippen molar-refractivity contribution in [2.24, 2.45) is 11.0 Å². The summed E-state index contributed by atoms with van der Waals surface area (Å²) in [7, 11) is 0. The van der Waals surface area contributed by atoms with Crippen molar-refractivity contribution >= 4 is 11.6 Å². The minimum Gasteiger partial charge on any atom is -0.362 e. The SMILES string of the molecule is O=C(c1ccc(F)cc1)N1N=C2CCCCC[C@H]2[C@]1(O)C(F)(F)F. The fourth-order valence-corrected chi connectivity index (χ4v) is 3.31. The molecule has 2 atom stereocenters. The van der Waals surface area contributed by atoms with Crippen molar-refractivity contribution in [1.29, 1.82) is 0 Å². The maximum absolute atomic E-state index is 13.7. The van der Waals surface area contributed by atoms with E-state index in [4.69, 9.17) is 0 Å². The number of nitrogens with zero attached hydrogens (tertiary/aromatic N) is 2. The molecule has 1 amide bonds. The molecule has 8 heteroatoms. The Morgan fingerprint density at radius 3 is 2.50 bits per heavy atom. The average Bonchev–Trinajstić information content (AvgIpc) is 2.68. The van der Waals surface area contributed by atoms with E-state index in [2.05, 4.69) is 5.10 Å². The van der Waals surface area contributed by atoms with Gasteiger partial charge in [-0.1, -0.05) is 12.8 Å². The molecule has 1 heterocycles. The van der Waals surface area contributed by atoms with E-state index in [9.17, 15) is 27.5 Å². The van der Waals surface area contributed by atoms with E-state index < -0.39 is 29.5 Å². The number of benzene rings is 1. The van der Waals surface area contributed by atoms with Crippen molar-refractivity contribution in [1.82, 2.24) is 5.01 Å². The van der Waals surface area contributed by atoms with Gasteiger partial charge in [0, 0.05) is 11.3 Å². The number of rotatable bonds is 1. The van der Waals surface area contributed by atoms with Gasteiger partial charge < -0.3 is 5.11 Å². The number of halogens is 4. The van der Waals surface area contributed by atoms with Crippen molar-refractivity contribution in [2.45, 2.75) is 44.0 Å². The maximum Gasteiger partial charge on any atom is 0.439 e. The van der Waals surface area contributed by atoms with Crippen LogP contribution in [0.2, 0.25) is 0 Å². The fraction of sp³-hybridized carbons (Fsp3) is 0.500. The average molecular weight is 344 g/mol. The zero-order valence-electron chi connectivity index (χ0n) is 12.7. The first kappa shape index (κ1) is 16.9. The van der Waals surface area contributed by atoms with E-state index in [0.717, 1.165) is 30.7 Å². The summed E-state index contributed by atoms with van der Waals surface area (Å²) < 4.78 is 54.0. The monoisotopic (exact) mass is 344 g/mol. The van der Waals surface area contributed by atoms with Gasteiger partial charge in [0.1, 0.15) is 5.82 Å². The number of fused-ring (bicyclic) bond motifs is 1. The number of amides is 1. The van der Waals surface area contributed by atoms with Gasteiger partial charge in [0.25, 0.3) is 11.6 Å². The van der Waals surface area contributed by atoms with Gasteiger partial charge in [-0.25, -0.2) is 4.39 Å². The molecule has 1 aliphatic carbocycles. The van der Waals surface area contributed by atoms with Crippen LogP contribution in [0.4, 0.5) is 17.6 Å². The van der Waals surface area contributed by atoms with Crippen LogP contribution in [0.5, 0.6) is 0 Å². The molecule has 1 aliphatic heterocycles. The van der Waals surface area contributed by atoms with Gasteiger partial charge in [-0.05, 0) is 43.5 Å². The number of alkyl halides is 3. The molecule has 1 fully saturated rings. The first-order chi connectivity index (χ1) is 11.2. The van der Waals surface area contributed by atoms with Crippen LogP contribution in [-0.4, -0.2) is 33.6 Å². The van der Waals surface area contributed by atoms with Crippen LogP contribution in [-0.2, 0) is 0 Å². The van der Waals surface area contributed by atoms with E-state index in [1.165, 1.54) is 0 Å². The maximum atomic E-state index is 13.7. The molecule has 1 aromatic carbocycles. The van der Waals surface area contributed by atoms with Crippen molar-refractivity contribution < 1.29 is 27.5 Å². The second-order valence-electron chi connectivity index (χ2n) is 6.09. The van der Waals surface area contributed by atoms with Crippen molar-refractivity contribution in [3.63, 3.8) is 0 Å². The van der Waals surface area contributed by atoms with Crippen molar-refractivity contribution in [3.05, 3.63) is 35.6 Å². The third-order valence-electron chi connectivity index (χ3n) is 4.57. The number of carbonyl (C=O) groups is 1. The standard InChI is InChI=1S/C16H16F4N2O2/c17-11-8-6-10(7-9-11)14(23)22-15(24,16(18,19)20)12-4-2-1-3-5-13(12)21-22/h6-9,12,24H,1-5H2/t12-,15+/m1/s1. The molecule has 1 saturated carbocycles. The molecule has 0 bridgehead atoms. The molecule has 1 N–H and O–H groups in total. The van der Waals surface area contributed by atoms with Gasteiger partial charge in [-0.15, -0.1) is 0 Å². The number of hydrazone groups is 1. The Balaban J connectivity index is 2.03. The molecular formula is C16H16F4N2O2. The number of hydrogen-bond acceptors (Lipinski definition) is 3. The lowest BCUT2D eigenvalue weighted by Gasteiger charge is -2.37. The zero-order chi connectivity index (χ0) is 17.5. The fourth-order valence-electron chi connectivity index (χ4n) is 3.31. The summed E-state index contributed by atoms with van der Waals surface area (Å²) in [4.78, 5) is 12.5. The Morgan fingerprint density at radius 1 is 1.21 bits per heavy atom. The summed E-state index contributed by atoms with van der Waals surface area (Å²) in [5.41, 5.74) is -3.33. The highest BCUT2D eigenvalue weighted by Gasteiger charge is 2.68. The van der Waals surface area contributed by atoms with Crippen LogP contribution < -0.4 is 0 Å². The highest BCUT2D eigenvalue weighted by molar-refractivity contribution is 5.99. The van der Waals surface area contributed by atoms with Gasteiger partial charge in [-0.2, -0.15) is 23.3 Å². The Labute approximate surface area is 135 Å². The molecule has 0 saturated heterocycles. The molecule has 3 rings (SSSR count). The first-order valence-electron chi connectivity index (χ1n) is 7.71. The predicted molar refractivity (Wildman–Crippen MR) is 77.6 cm³/mol. The molecule has 0 spiro atoms. The summed E-state index contributed by atoms with van der Waals surface area (Å²) in [6.07, 6.45) is -2.67. The van der Waals surface area contributed by atoms with Gasteiger partial charge in [0.15, 0.2) is 0 Å². The van der Waals surface area contributed by atoms with Crippen LogP contribution in [0.15, 0.2) is 29.4 Å². The Kier molecular flexibility index (Phi) is 4.11. The summed E-state index contributed by atoms with van der Waals surface area (Å²) in [6, 6.07) is 4.09. The highest BCUT2D eigenvalue weighted by atomic mass is 19.4. The summed E-state index contributed by atoms with van der Waals surface area (Å²) >= 11 is 0. The van der Waals surface area contributed by atoms with E-state index in [-0.39, 0.29) is 22.7 Å².